The summed E-state index contributed by atoms with van der Waals surface area (Å²) >= 11 is 0. The third-order valence-electron chi connectivity index (χ3n) is 4.50. The van der Waals surface area contributed by atoms with Crippen molar-refractivity contribution in [1.29, 1.82) is 5.26 Å². The lowest BCUT2D eigenvalue weighted by atomic mass is 10.2. The van der Waals surface area contributed by atoms with E-state index in [0.29, 0.717) is 17.3 Å². The van der Waals surface area contributed by atoms with Crippen LogP contribution in [-0.2, 0) is 0 Å². The topological polar surface area (TPSA) is 78.9 Å². The first-order chi connectivity index (χ1) is 12.3. The Bertz CT molecular complexity index is 1140. The Morgan fingerprint density at radius 3 is 2.88 bits per heavy atom. The van der Waals surface area contributed by atoms with Crippen molar-refractivity contribution in [3.8, 4) is 6.07 Å². The van der Waals surface area contributed by atoms with E-state index in [-0.39, 0.29) is 0 Å². The van der Waals surface area contributed by atoms with Gasteiger partial charge in [-0.1, -0.05) is 18.2 Å². The Labute approximate surface area is 143 Å². The molecule has 0 aliphatic heterocycles. The lowest BCUT2D eigenvalue weighted by molar-refractivity contribution is 0.885. The first-order valence-corrected chi connectivity index (χ1v) is 8.23. The van der Waals surface area contributed by atoms with Gasteiger partial charge >= 0.3 is 0 Å². The van der Waals surface area contributed by atoms with Crippen LogP contribution in [0.4, 0.5) is 11.5 Å². The number of hydrogen-bond acceptors (Lipinski definition) is 5. The molecule has 0 atom stereocenters. The van der Waals surface area contributed by atoms with Gasteiger partial charge in [0.15, 0.2) is 11.5 Å². The van der Waals surface area contributed by atoms with E-state index in [4.69, 9.17) is 0 Å². The molecule has 4 aromatic rings. The molecule has 120 valence electrons. The normalized spacial score (nSPS) is 13.9. The quantitative estimate of drug-likeness (QED) is 0.620. The van der Waals surface area contributed by atoms with E-state index in [1.54, 1.807) is 16.9 Å². The van der Waals surface area contributed by atoms with Crippen molar-refractivity contribution >= 4 is 28.1 Å². The first-order valence-electron chi connectivity index (χ1n) is 8.23. The third-order valence-corrected chi connectivity index (χ3v) is 4.50. The van der Waals surface area contributed by atoms with Gasteiger partial charge in [-0.05, 0) is 25.0 Å². The van der Waals surface area contributed by atoms with E-state index < -0.39 is 0 Å². The largest absolute Gasteiger partial charge is 0.337 e. The lowest BCUT2D eigenvalue weighted by Crippen LogP contribution is -2.05. The SMILES string of the molecule is N#Cc1cnc2cc(C3CC3)nn2c1Nc1cccc2cccnc12. The molecule has 3 aromatic heterocycles. The maximum Gasteiger partial charge on any atom is 0.157 e. The summed E-state index contributed by atoms with van der Waals surface area (Å²) in [7, 11) is 0. The molecule has 0 spiro atoms. The van der Waals surface area contributed by atoms with Crippen LogP contribution in [0.3, 0.4) is 0 Å². The Hall–Kier alpha value is -3.46. The number of nitriles is 1. The van der Waals surface area contributed by atoms with E-state index in [1.807, 2.05) is 36.4 Å². The van der Waals surface area contributed by atoms with Crippen molar-refractivity contribution < 1.29 is 0 Å². The molecule has 1 saturated carbocycles. The van der Waals surface area contributed by atoms with Gasteiger partial charge in [-0.25, -0.2) is 4.98 Å². The molecule has 1 fully saturated rings. The molecule has 1 aliphatic rings. The summed E-state index contributed by atoms with van der Waals surface area (Å²) in [6.45, 7) is 0. The van der Waals surface area contributed by atoms with E-state index in [0.717, 1.165) is 27.9 Å². The second-order valence-corrected chi connectivity index (χ2v) is 6.25. The number of anilines is 2. The standard InChI is InChI=1S/C19H14N6/c20-10-14-11-22-17-9-16(12-6-7-12)24-25(17)19(14)23-15-5-1-3-13-4-2-8-21-18(13)15/h1-5,8-9,11-12,23H,6-7H2. The number of aromatic nitrogens is 4. The maximum absolute atomic E-state index is 9.51. The minimum Gasteiger partial charge on any atom is -0.337 e. The molecule has 0 unspecified atom stereocenters. The highest BCUT2D eigenvalue weighted by molar-refractivity contribution is 5.92. The summed E-state index contributed by atoms with van der Waals surface area (Å²) in [6.07, 6.45) is 5.70. The van der Waals surface area contributed by atoms with Crippen molar-refractivity contribution in [2.24, 2.45) is 0 Å². The number of rotatable bonds is 3. The molecule has 3 heterocycles. The second-order valence-electron chi connectivity index (χ2n) is 6.25. The highest BCUT2D eigenvalue weighted by Gasteiger charge is 2.27. The van der Waals surface area contributed by atoms with Gasteiger partial charge in [-0.2, -0.15) is 14.9 Å². The molecule has 25 heavy (non-hydrogen) atoms. The summed E-state index contributed by atoms with van der Waals surface area (Å²) in [6, 6.07) is 14.1. The van der Waals surface area contributed by atoms with Crippen LogP contribution in [-0.4, -0.2) is 19.6 Å². The average molecular weight is 326 g/mol. The van der Waals surface area contributed by atoms with E-state index in [1.165, 1.54) is 12.8 Å². The molecule has 5 rings (SSSR count). The van der Waals surface area contributed by atoms with E-state index in [2.05, 4.69) is 26.5 Å². The zero-order valence-corrected chi connectivity index (χ0v) is 13.3. The predicted octanol–water partition coefficient (Wildman–Crippen LogP) is 3.77. The van der Waals surface area contributed by atoms with Crippen LogP contribution in [0.15, 0.2) is 48.8 Å². The molecular formula is C19H14N6. The van der Waals surface area contributed by atoms with E-state index in [9.17, 15) is 5.26 Å². The van der Waals surface area contributed by atoms with Gasteiger partial charge < -0.3 is 5.32 Å². The molecule has 0 amide bonds. The average Bonchev–Trinajstić information content (AvgIpc) is 3.41. The van der Waals surface area contributed by atoms with Crippen molar-refractivity contribution in [2.45, 2.75) is 18.8 Å². The van der Waals surface area contributed by atoms with E-state index >= 15 is 0 Å². The Morgan fingerprint density at radius 1 is 1.16 bits per heavy atom. The summed E-state index contributed by atoms with van der Waals surface area (Å²) in [5.41, 5.74) is 3.93. The number of nitrogens with zero attached hydrogens (tertiary/aromatic N) is 5. The minimum absolute atomic E-state index is 0.450. The van der Waals surface area contributed by atoms with Gasteiger partial charge in [0.2, 0.25) is 0 Å². The van der Waals surface area contributed by atoms with Crippen LogP contribution < -0.4 is 5.32 Å². The third kappa shape index (κ3) is 2.29. The van der Waals surface area contributed by atoms with Crippen molar-refractivity contribution in [3.63, 3.8) is 0 Å². The molecule has 0 bridgehead atoms. The minimum atomic E-state index is 0.450. The molecular weight excluding hydrogens is 312 g/mol. The van der Waals surface area contributed by atoms with Gasteiger partial charge in [0.25, 0.3) is 0 Å². The number of benzene rings is 1. The monoisotopic (exact) mass is 326 g/mol. The first kappa shape index (κ1) is 13.9. The van der Waals surface area contributed by atoms with Gasteiger partial charge in [0.1, 0.15) is 11.6 Å². The zero-order valence-electron chi connectivity index (χ0n) is 13.3. The molecule has 0 radical (unpaired) electrons. The second kappa shape index (κ2) is 5.28. The molecule has 6 nitrogen and oxygen atoms in total. The molecule has 1 aliphatic carbocycles. The summed E-state index contributed by atoms with van der Waals surface area (Å²) in [5, 5.41) is 18.6. The summed E-state index contributed by atoms with van der Waals surface area (Å²) < 4.78 is 1.73. The Morgan fingerprint density at radius 2 is 2.04 bits per heavy atom. The molecule has 1 aromatic carbocycles. The van der Waals surface area contributed by atoms with Gasteiger partial charge in [-0.15, -0.1) is 0 Å². The fourth-order valence-electron chi connectivity index (χ4n) is 3.06. The highest BCUT2D eigenvalue weighted by Crippen LogP contribution is 2.40. The lowest BCUT2D eigenvalue weighted by Gasteiger charge is -2.11. The zero-order chi connectivity index (χ0) is 16.8. The smallest absolute Gasteiger partial charge is 0.157 e. The van der Waals surface area contributed by atoms with Crippen LogP contribution in [0.25, 0.3) is 16.6 Å². The van der Waals surface area contributed by atoms with Crippen LogP contribution >= 0.6 is 0 Å². The maximum atomic E-state index is 9.51. The number of hydrogen-bond donors (Lipinski definition) is 1. The predicted molar refractivity (Wildman–Crippen MR) is 94.7 cm³/mol. The fourth-order valence-corrected chi connectivity index (χ4v) is 3.06. The summed E-state index contributed by atoms with van der Waals surface area (Å²) in [4.78, 5) is 8.84. The van der Waals surface area contributed by atoms with Gasteiger partial charge in [-0.3, -0.25) is 4.98 Å². The van der Waals surface area contributed by atoms with Crippen LogP contribution in [0, 0.1) is 11.3 Å². The van der Waals surface area contributed by atoms with Crippen LogP contribution in [0.5, 0.6) is 0 Å². The number of pyridine rings is 1. The Balaban J connectivity index is 1.69. The number of fused-ring (bicyclic) bond motifs is 2. The summed E-state index contributed by atoms with van der Waals surface area (Å²) in [5.74, 6) is 1.15. The number of nitrogens with one attached hydrogen (secondary N) is 1. The van der Waals surface area contributed by atoms with Gasteiger partial charge in [0, 0.05) is 23.6 Å². The fraction of sp³-hybridized carbons (Fsp3) is 0.158. The van der Waals surface area contributed by atoms with Gasteiger partial charge in [0.05, 0.1) is 23.1 Å². The molecule has 0 saturated heterocycles. The van der Waals surface area contributed by atoms with Crippen LogP contribution in [0.1, 0.15) is 30.0 Å². The van der Waals surface area contributed by atoms with Crippen molar-refractivity contribution in [3.05, 3.63) is 60.0 Å². The molecule has 6 heteroatoms. The Kier molecular flexibility index (Phi) is 2.94. The highest BCUT2D eigenvalue weighted by atomic mass is 15.3. The van der Waals surface area contributed by atoms with Crippen LogP contribution in [0.2, 0.25) is 0 Å². The number of para-hydroxylation sites is 1. The van der Waals surface area contributed by atoms with Crippen molar-refractivity contribution in [2.75, 3.05) is 5.32 Å². The van der Waals surface area contributed by atoms with Crippen molar-refractivity contribution in [1.82, 2.24) is 19.6 Å². The molecule has 1 N–H and O–H groups in total.